The van der Waals surface area contributed by atoms with Crippen LogP contribution in [0.15, 0.2) is 42.5 Å². The van der Waals surface area contributed by atoms with Gasteiger partial charge in [-0.25, -0.2) is 13.2 Å². The molecule has 2 N–H and O–H groups in total. The van der Waals surface area contributed by atoms with Crippen molar-refractivity contribution in [2.45, 2.75) is 24.0 Å². The summed E-state index contributed by atoms with van der Waals surface area (Å²) in [5.74, 6) is -2.15. The first-order valence-corrected chi connectivity index (χ1v) is 11.1. The van der Waals surface area contributed by atoms with Crippen LogP contribution < -0.4 is 9.64 Å². The summed E-state index contributed by atoms with van der Waals surface area (Å²) in [7, 11) is 0. The normalized spacial score (nSPS) is 23.8. The molecule has 4 rings (SSSR count). The van der Waals surface area contributed by atoms with E-state index in [4.69, 9.17) is 9.47 Å². The summed E-state index contributed by atoms with van der Waals surface area (Å²) < 4.78 is 50.8. The Morgan fingerprint density at radius 1 is 0.909 bits per heavy atom. The standard InChI is InChI=1S/C24H29F3N2O4/c25-18-1-3-19(4-2-18)29-9-7-23(30,8-10-29)14-28-11-12-32-16-24(31,15-28)17-33-20-5-6-21(26)22(27)13-20/h1-6,13,30-31H,7-12,14-17H2/t24-/m1/s1. The van der Waals surface area contributed by atoms with Crippen LogP contribution in [0.25, 0.3) is 0 Å². The van der Waals surface area contributed by atoms with Crippen molar-refractivity contribution in [2.75, 3.05) is 57.4 Å². The average molecular weight is 467 g/mol. The van der Waals surface area contributed by atoms with Crippen LogP contribution in [0.1, 0.15) is 12.8 Å². The van der Waals surface area contributed by atoms with E-state index in [-0.39, 0.29) is 31.3 Å². The van der Waals surface area contributed by atoms with Gasteiger partial charge in [0.05, 0.1) is 18.8 Å². The number of aliphatic hydroxyl groups is 2. The molecule has 2 saturated heterocycles. The number of anilines is 1. The molecule has 1 atom stereocenters. The monoisotopic (exact) mass is 466 g/mol. The van der Waals surface area contributed by atoms with Crippen molar-refractivity contribution >= 4 is 5.69 Å². The zero-order valence-electron chi connectivity index (χ0n) is 18.4. The Kier molecular flexibility index (Phi) is 7.13. The molecule has 180 valence electrons. The smallest absolute Gasteiger partial charge is 0.162 e. The molecule has 0 aromatic heterocycles. The summed E-state index contributed by atoms with van der Waals surface area (Å²) in [6.07, 6.45) is 1.07. The van der Waals surface area contributed by atoms with Crippen LogP contribution in [0.2, 0.25) is 0 Å². The molecule has 6 nitrogen and oxygen atoms in total. The summed E-state index contributed by atoms with van der Waals surface area (Å²) in [6.45, 7) is 2.64. The molecule has 0 amide bonds. The van der Waals surface area contributed by atoms with Gasteiger partial charge in [-0.15, -0.1) is 0 Å². The van der Waals surface area contributed by atoms with E-state index >= 15 is 0 Å². The minimum absolute atomic E-state index is 0.0317. The van der Waals surface area contributed by atoms with Gasteiger partial charge in [-0.05, 0) is 49.2 Å². The summed E-state index contributed by atoms with van der Waals surface area (Å²) >= 11 is 0. The molecule has 0 aliphatic carbocycles. The second-order valence-corrected chi connectivity index (χ2v) is 9.04. The van der Waals surface area contributed by atoms with Crippen molar-refractivity contribution in [3.05, 3.63) is 59.9 Å². The third-order valence-corrected chi connectivity index (χ3v) is 6.24. The SMILES string of the molecule is OC1(CN2CCOC[C@@](O)(COc3ccc(F)c(F)c3)C2)CCN(c2ccc(F)cc2)CC1. The van der Waals surface area contributed by atoms with Gasteiger partial charge >= 0.3 is 0 Å². The lowest BCUT2D eigenvalue weighted by Crippen LogP contribution is -2.55. The molecular formula is C24H29F3N2O4. The van der Waals surface area contributed by atoms with E-state index in [1.165, 1.54) is 18.2 Å². The maximum Gasteiger partial charge on any atom is 0.162 e. The van der Waals surface area contributed by atoms with Crippen molar-refractivity contribution in [2.24, 2.45) is 0 Å². The lowest BCUT2D eigenvalue weighted by molar-refractivity contribution is -0.0743. The number of piperidine rings is 1. The van der Waals surface area contributed by atoms with E-state index in [9.17, 15) is 23.4 Å². The second-order valence-electron chi connectivity index (χ2n) is 9.04. The quantitative estimate of drug-likeness (QED) is 0.683. The average Bonchev–Trinajstić information content (AvgIpc) is 2.97. The number of halogens is 3. The second kappa shape index (κ2) is 9.89. The van der Waals surface area contributed by atoms with Gasteiger partial charge in [0.15, 0.2) is 11.6 Å². The summed E-state index contributed by atoms with van der Waals surface area (Å²) in [4.78, 5) is 4.07. The van der Waals surface area contributed by atoms with E-state index < -0.39 is 22.8 Å². The lowest BCUT2D eigenvalue weighted by Gasteiger charge is -2.42. The molecule has 33 heavy (non-hydrogen) atoms. The number of nitrogens with zero attached hydrogens (tertiary/aromatic N) is 2. The Labute approximate surface area is 191 Å². The Bertz CT molecular complexity index is 938. The lowest BCUT2D eigenvalue weighted by atomic mass is 9.90. The highest BCUT2D eigenvalue weighted by Crippen LogP contribution is 2.28. The largest absolute Gasteiger partial charge is 0.490 e. The zero-order valence-corrected chi connectivity index (χ0v) is 18.4. The van der Waals surface area contributed by atoms with Gasteiger partial charge in [0, 0.05) is 44.5 Å². The van der Waals surface area contributed by atoms with Gasteiger partial charge in [-0.3, -0.25) is 4.90 Å². The molecule has 0 radical (unpaired) electrons. The molecule has 0 spiro atoms. The van der Waals surface area contributed by atoms with Crippen LogP contribution >= 0.6 is 0 Å². The molecule has 2 heterocycles. The Morgan fingerprint density at radius 3 is 2.33 bits per heavy atom. The fourth-order valence-electron chi connectivity index (χ4n) is 4.41. The maximum absolute atomic E-state index is 13.4. The predicted octanol–water partition coefficient (Wildman–Crippen LogP) is 2.58. The molecule has 2 fully saturated rings. The van der Waals surface area contributed by atoms with Crippen LogP contribution in [0.3, 0.4) is 0 Å². The molecule has 0 bridgehead atoms. The molecular weight excluding hydrogens is 437 g/mol. The highest BCUT2D eigenvalue weighted by Gasteiger charge is 2.39. The van der Waals surface area contributed by atoms with Crippen LogP contribution in [-0.2, 0) is 4.74 Å². The van der Waals surface area contributed by atoms with Crippen molar-refractivity contribution in [1.29, 1.82) is 0 Å². The molecule has 0 unspecified atom stereocenters. The minimum Gasteiger partial charge on any atom is -0.490 e. The summed E-state index contributed by atoms with van der Waals surface area (Å²) in [5.41, 5.74) is -1.37. The summed E-state index contributed by atoms with van der Waals surface area (Å²) in [6, 6.07) is 9.53. The first kappa shape index (κ1) is 23.8. The molecule has 0 saturated carbocycles. The van der Waals surface area contributed by atoms with Crippen molar-refractivity contribution in [1.82, 2.24) is 4.90 Å². The molecule has 2 aromatic rings. The third-order valence-electron chi connectivity index (χ3n) is 6.24. The number of hydrogen-bond donors (Lipinski definition) is 2. The number of hydrogen-bond acceptors (Lipinski definition) is 6. The van der Waals surface area contributed by atoms with E-state index in [2.05, 4.69) is 4.90 Å². The van der Waals surface area contributed by atoms with Crippen molar-refractivity contribution < 1.29 is 32.9 Å². The highest BCUT2D eigenvalue weighted by atomic mass is 19.2. The van der Waals surface area contributed by atoms with Crippen LogP contribution in [0.4, 0.5) is 18.9 Å². The van der Waals surface area contributed by atoms with E-state index in [0.29, 0.717) is 45.6 Å². The van der Waals surface area contributed by atoms with Crippen LogP contribution in [-0.4, -0.2) is 78.9 Å². The molecule has 9 heteroatoms. The van der Waals surface area contributed by atoms with Gasteiger partial charge in [0.2, 0.25) is 0 Å². The first-order valence-electron chi connectivity index (χ1n) is 11.1. The van der Waals surface area contributed by atoms with Gasteiger partial charge in [0.1, 0.15) is 23.8 Å². The topological polar surface area (TPSA) is 65.4 Å². The van der Waals surface area contributed by atoms with Crippen molar-refractivity contribution in [3.8, 4) is 5.75 Å². The Hall–Kier alpha value is -2.33. The van der Waals surface area contributed by atoms with E-state index in [1.807, 2.05) is 4.90 Å². The Balaban J connectivity index is 1.33. The fraction of sp³-hybridized carbons (Fsp3) is 0.500. The van der Waals surface area contributed by atoms with Gasteiger partial charge in [-0.2, -0.15) is 0 Å². The maximum atomic E-state index is 13.4. The van der Waals surface area contributed by atoms with Crippen LogP contribution in [0, 0.1) is 17.5 Å². The predicted molar refractivity (Wildman–Crippen MR) is 117 cm³/mol. The summed E-state index contributed by atoms with van der Waals surface area (Å²) in [5, 5.41) is 22.3. The van der Waals surface area contributed by atoms with Crippen LogP contribution in [0.5, 0.6) is 5.75 Å². The molecule has 2 aromatic carbocycles. The Morgan fingerprint density at radius 2 is 1.64 bits per heavy atom. The first-order chi connectivity index (χ1) is 15.7. The number of β-amino-alcohol motifs (C(OH)–C–C–N with tert-alkyl or cyclic N) is 2. The highest BCUT2D eigenvalue weighted by molar-refractivity contribution is 5.46. The number of benzene rings is 2. The minimum atomic E-state index is -1.37. The molecule has 2 aliphatic heterocycles. The number of ether oxygens (including phenoxy) is 2. The van der Waals surface area contributed by atoms with E-state index in [0.717, 1.165) is 17.8 Å². The molecule has 2 aliphatic rings. The van der Waals surface area contributed by atoms with Crippen molar-refractivity contribution in [3.63, 3.8) is 0 Å². The van der Waals surface area contributed by atoms with Gasteiger partial charge in [-0.1, -0.05) is 0 Å². The van der Waals surface area contributed by atoms with E-state index in [1.54, 1.807) is 12.1 Å². The number of rotatable bonds is 6. The third kappa shape index (κ3) is 6.17. The van der Waals surface area contributed by atoms with Gasteiger partial charge in [0.25, 0.3) is 0 Å². The fourth-order valence-corrected chi connectivity index (χ4v) is 4.41. The zero-order chi connectivity index (χ0) is 23.5. The van der Waals surface area contributed by atoms with Gasteiger partial charge < -0.3 is 24.6 Å².